The fraction of sp³-hybridized carbons (Fsp3) is 0.667. The molecular formula is C21H35NO3. The summed E-state index contributed by atoms with van der Waals surface area (Å²) < 4.78 is 5.74. The van der Waals surface area contributed by atoms with E-state index in [1.54, 1.807) is 0 Å². The number of nitrogens with two attached hydrogens (primary N) is 1. The minimum Gasteiger partial charge on any atom is -0.494 e. The number of rotatable bonds is 15. The normalized spacial score (nSPS) is 12.1. The Morgan fingerprint density at radius 2 is 1.48 bits per heavy atom. The lowest BCUT2D eigenvalue weighted by Gasteiger charge is -2.09. The van der Waals surface area contributed by atoms with E-state index in [0.29, 0.717) is 6.42 Å². The Morgan fingerprint density at radius 1 is 0.960 bits per heavy atom. The summed E-state index contributed by atoms with van der Waals surface area (Å²) in [4.78, 5) is 10.7. The van der Waals surface area contributed by atoms with Gasteiger partial charge < -0.3 is 15.6 Å². The van der Waals surface area contributed by atoms with Gasteiger partial charge in [0.25, 0.3) is 0 Å². The van der Waals surface area contributed by atoms with Crippen molar-refractivity contribution >= 4 is 5.97 Å². The van der Waals surface area contributed by atoms with Crippen molar-refractivity contribution in [1.29, 1.82) is 0 Å². The second-order valence-corrected chi connectivity index (χ2v) is 6.82. The highest BCUT2D eigenvalue weighted by Gasteiger charge is 2.11. The van der Waals surface area contributed by atoms with Gasteiger partial charge in [0.15, 0.2) is 0 Å². The average molecular weight is 350 g/mol. The Morgan fingerprint density at radius 3 is 2.00 bits per heavy atom. The second-order valence-electron chi connectivity index (χ2n) is 6.82. The van der Waals surface area contributed by atoms with Crippen molar-refractivity contribution in [3.8, 4) is 5.75 Å². The smallest absolute Gasteiger partial charge is 0.320 e. The molecule has 1 aromatic carbocycles. The van der Waals surface area contributed by atoms with Gasteiger partial charge in [0.2, 0.25) is 0 Å². The SMILES string of the molecule is CCCCCCCCCCCCOc1ccc(CC(N)C(=O)O)cc1. The third kappa shape index (κ3) is 10.8. The van der Waals surface area contributed by atoms with Crippen molar-refractivity contribution in [3.63, 3.8) is 0 Å². The van der Waals surface area contributed by atoms with Gasteiger partial charge >= 0.3 is 5.97 Å². The molecular weight excluding hydrogens is 314 g/mol. The molecule has 0 aliphatic rings. The molecule has 0 bridgehead atoms. The molecule has 0 saturated carbocycles. The molecule has 1 aromatic rings. The van der Waals surface area contributed by atoms with Crippen LogP contribution in [0, 0.1) is 0 Å². The van der Waals surface area contributed by atoms with E-state index >= 15 is 0 Å². The van der Waals surface area contributed by atoms with E-state index in [9.17, 15) is 4.79 Å². The number of hydrogen-bond acceptors (Lipinski definition) is 3. The van der Waals surface area contributed by atoms with Crippen molar-refractivity contribution in [2.75, 3.05) is 6.61 Å². The molecule has 0 heterocycles. The predicted molar refractivity (Wildman–Crippen MR) is 103 cm³/mol. The Hall–Kier alpha value is -1.55. The average Bonchev–Trinajstić information content (AvgIpc) is 2.61. The summed E-state index contributed by atoms with van der Waals surface area (Å²) in [5.74, 6) is -0.134. The zero-order chi connectivity index (χ0) is 18.3. The molecule has 0 aliphatic carbocycles. The van der Waals surface area contributed by atoms with Gasteiger partial charge in [-0.1, -0.05) is 76.8 Å². The first kappa shape index (κ1) is 21.5. The molecule has 1 unspecified atom stereocenters. The van der Waals surface area contributed by atoms with Crippen LogP contribution in [0.25, 0.3) is 0 Å². The second kappa shape index (κ2) is 13.7. The van der Waals surface area contributed by atoms with E-state index in [-0.39, 0.29) is 0 Å². The molecule has 0 saturated heterocycles. The fourth-order valence-corrected chi connectivity index (χ4v) is 2.84. The summed E-state index contributed by atoms with van der Waals surface area (Å²) in [6.45, 7) is 3.00. The van der Waals surface area contributed by atoms with Crippen LogP contribution in [0.2, 0.25) is 0 Å². The van der Waals surface area contributed by atoms with E-state index in [1.165, 1.54) is 57.8 Å². The highest BCUT2D eigenvalue weighted by Crippen LogP contribution is 2.15. The number of hydrogen-bond donors (Lipinski definition) is 2. The first-order valence-corrected chi connectivity index (χ1v) is 9.83. The van der Waals surface area contributed by atoms with Crippen molar-refractivity contribution in [1.82, 2.24) is 0 Å². The summed E-state index contributed by atoms with van der Waals surface area (Å²) in [6.07, 6.45) is 13.5. The third-order valence-electron chi connectivity index (χ3n) is 4.46. The largest absolute Gasteiger partial charge is 0.494 e. The number of ether oxygens (including phenoxy) is 1. The maximum absolute atomic E-state index is 10.7. The van der Waals surface area contributed by atoms with Crippen LogP contribution >= 0.6 is 0 Å². The number of benzene rings is 1. The van der Waals surface area contributed by atoms with Gasteiger partial charge in [-0.15, -0.1) is 0 Å². The molecule has 0 aliphatic heterocycles. The quantitative estimate of drug-likeness (QED) is 0.440. The monoisotopic (exact) mass is 349 g/mol. The highest BCUT2D eigenvalue weighted by atomic mass is 16.5. The van der Waals surface area contributed by atoms with Gasteiger partial charge in [-0.2, -0.15) is 0 Å². The lowest BCUT2D eigenvalue weighted by molar-refractivity contribution is -0.138. The lowest BCUT2D eigenvalue weighted by Crippen LogP contribution is -2.32. The predicted octanol–water partition coefficient (Wildman–Crippen LogP) is 4.94. The number of carboxylic acid groups (broad SMARTS) is 1. The molecule has 3 N–H and O–H groups in total. The highest BCUT2D eigenvalue weighted by molar-refractivity contribution is 5.73. The Balaban J connectivity index is 2.02. The van der Waals surface area contributed by atoms with Crippen molar-refractivity contribution in [3.05, 3.63) is 29.8 Å². The van der Waals surface area contributed by atoms with Crippen LogP contribution in [-0.2, 0) is 11.2 Å². The Bertz CT molecular complexity index is 459. The van der Waals surface area contributed by atoms with Crippen LogP contribution in [0.1, 0.15) is 76.7 Å². The molecule has 1 rings (SSSR count). The van der Waals surface area contributed by atoms with Crippen LogP contribution < -0.4 is 10.5 Å². The number of carboxylic acids is 1. The van der Waals surface area contributed by atoms with Crippen LogP contribution in [-0.4, -0.2) is 23.7 Å². The molecule has 0 spiro atoms. The molecule has 4 heteroatoms. The van der Waals surface area contributed by atoms with Gasteiger partial charge in [-0.3, -0.25) is 4.79 Å². The number of unbranched alkanes of at least 4 members (excludes halogenated alkanes) is 9. The van der Waals surface area contributed by atoms with Gasteiger partial charge in [0.05, 0.1) is 6.61 Å². The minimum absolute atomic E-state index is 0.341. The maximum Gasteiger partial charge on any atom is 0.320 e. The summed E-state index contributed by atoms with van der Waals surface area (Å²) in [7, 11) is 0. The minimum atomic E-state index is -0.971. The Labute approximate surface area is 152 Å². The zero-order valence-electron chi connectivity index (χ0n) is 15.7. The zero-order valence-corrected chi connectivity index (χ0v) is 15.7. The molecule has 0 amide bonds. The first-order chi connectivity index (χ1) is 12.1. The molecule has 4 nitrogen and oxygen atoms in total. The summed E-state index contributed by atoms with van der Waals surface area (Å²) in [5.41, 5.74) is 6.45. The van der Waals surface area contributed by atoms with Crippen molar-refractivity contribution in [2.24, 2.45) is 5.73 Å². The molecule has 0 radical (unpaired) electrons. The fourth-order valence-electron chi connectivity index (χ4n) is 2.84. The van der Waals surface area contributed by atoms with Crippen LogP contribution in [0.4, 0.5) is 0 Å². The van der Waals surface area contributed by atoms with Gasteiger partial charge in [0.1, 0.15) is 11.8 Å². The molecule has 0 fully saturated rings. The van der Waals surface area contributed by atoms with Gasteiger partial charge in [-0.25, -0.2) is 0 Å². The first-order valence-electron chi connectivity index (χ1n) is 9.83. The van der Waals surface area contributed by atoms with Gasteiger partial charge in [-0.05, 0) is 30.5 Å². The van der Waals surface area contributed by atoms with E-state index in [0.717, 1.165) is 24.3 Å². The molecule has 1 atom stereocenters. The number of aliphatic carboxylic acids is 1. The number of carbonyl (C=O) groups is 1. The maximum atomic E-state index is 10.7. The van der Waals surface area contributed by atoms with E-state index in [4.69, 9.17) is 15.6 Å². The van der Waals surface area contributed by atoms with Crippen LogP contribution in [0.15, 0.2) is 24.3 Å². The summed E-state index contributed by atoms with van der Waals surface area (Å²) >= 11 is 0. The van der Waals surface area contributed by atoms with E-state index in [1.807, 2.05) is 24.3 Å². The Kier molecular flexibility index (Phi) is 11.8. The summed E-state index contributed by atoms with van der Waals surface area (Å²) in [5, 5.41) is 8.82. The topological polar surface area (TPSA) is 72.5 Å². The van der Waals surface area contributed by atoms with Crippen LogP contribution in [0.5, 0.6) is 5.75 Å². The van der Waals surface area contributed by atoms with Gasteiger partial charge in [0, 0.05) is 0 Å². The molecule has 0 aromatic heterocycles. The van der Waals surface area contributed by atoms with Crippen LogP contribution in [0.3, 0.4) is 0 Å². The molecule has 25 heavy (non-hydrogen) atoms. The third-order valence-corrected chi connectivity index (χ3v) is 4.46. The summed E-state index contributed by atoms with van der Waals surface area (Å²) in [6, 6.07) is 6.70. The van der Waals surface area contributed by atoms with E-state index in [2.05, 4.69) is 6.92 Å². The molecule has 142 valence electrons. The van der Waals surface area contributed by atoms with E-state index < -0.39 is 12.0 Å². The standard InChI is InChI=1S/C21H35NO3/c1-2-3-4-5-6-7-8-9-10-11-16-25-19-14-12-18(13-15-19)17-20(22)21(23)24/h12-15,20H,2-11,16-17,22H2,1H3,(H,23,24). The van der Waals surface area contributed by atoms with Crippen molar-refractivity contribution in [2.45, 2.75) is 83.6 Å². The lowest BCUT2D eigenvalue weighted by atomic mass is 10.1. The van der Waals surface area contributed by atoms with Crippen molar-refractivity contribution < 1.29 is 14.6 Å².